The second-order valence-electron chi connectivity index (χ2n) is 3.80. The molecule has 6 nitrogen and oxygen atoms in total. The molecule has 2 N–H and O–H groups in total. The highest BCUT2D eigenvalue weighted by atomic mass is 16.4. The molecule has 3 rings (SSSR count). The van der Waals surface area contributed by atoms with E-state index in [2.05, 4.69) is 20.2 Å². The van der Waals surface area contributed by atoms with Gasteiger partial charge in [0.25, 0.3) is 0 Å². The van der Waals surface area contributed by atoms with Crippen molar-refractivity contribution in [2.45, 2.75) is 6.42 Å². The maximum Gasteiger partial charge on any atom is 0.247 e. The number of hydrogen-bond donors (Lipinski definition) is 1. The van der Waals surface area contributed by atoms with E-state index in [-0.39, 0.29) is 0 Å². The summed E-state index contributed by atoms with van der Waals surface area (Å²) in [5.41, 5.74) is 7.90. The lowest BCUT2D eigenvalue weighted by Crippen LogP contribution is -2.02. The van der Waals surface area contributed by atoms with Crippen LogP contribution in [0.1, 0.15) is 5.89 Å². The first kappa shape index (κ1) is 10.8. The fourth-order valence-corrected chi connectivity index (χ4v) is 1.69. The van der Waals surface area contributed by atoms with Gasteiger partial charge in [0.05, 0.1) is 11.0 Å². The van der Waals surface area contributed by atoms with E-state index in [1.807, 2.05) is 18.2 Å². The Morgan fingerprint density at radius 1 is 1.06 bits per heavy atom. The molecule has 0 amide bonds. The Balaban J connectivity index is 2.02. The third kappa shape index (κ3) is 1.93. The van der Waals surface area contributed by atoms with Crippen LogP contribution >= 0.6 is 0 Å². The van der Waals surface area contributed by atoms with Crippen LogP contribution in [0.25, 0.3) is 22.5 Å². The molecule has 0 spiro atoms. The van der Waals surface area contributed by atoms with Gasteiger partial charge in [-0.25, -0.2) is 0 Å². The fraction of sp³-hybridized carbons (Fsp3) is 0.167. The van der Waals surface area contributed by atoms with E-state index in [1.54, 1.807) is 12.4 Å². The summed E-state index contributed by atoms with van der Waals surface area (Å²) in [6.07, 6.45) is 3.90. The van der Waals surface area contributed by atoms with E-state index in [4.69, 9.17) is 10.2 Å². The molecular formula is C12H11N5O. The van der Waals surface area contributed by atoms with Gasteiger partial charge in [0.2, 0.25) is 11.8 Å². The van der Waals surface area contributed by atoms with Crippen LogP contribution in [-0.2, 0) is 6.42 Å². The Hall–Kier alpha value is -2.34. The first-order valence-corrected chi connectivity index (χ1v) is 5.60. The second kappa shape index (κ2) is 4.50. The standard InChI is InChI=1S/C12H11N5O/c13-4-3-11-16-17-12(18-11)8-1-2-9-10(7-8)15-6-5-14-9/h1-2,5-7H,3-4,13H2. The van der Waals surface area contributed by atoms with Crippen LogP contribution in [0.4, 0.5) is 0 Å². The molecule has 90 valence electrons. The van der Waals surface area contributed by atoms with Crippen LogP contribution in [0, 0.1) is 0 Å². The van der Waals surface area contributed by atoms with E-state index >= 15 is 0 Å². The summed E-state index contributed by atoms with van der Waals surface area (Å²) in [5.74, 6) is 1.03. The summed E-state index contributed by atoms with van der Waals surface area (Å²) in [7, 11) is 0. The van der Waals surface area contributed by atoms with Crippen LogP contribution in [0.2, 0.25) is 0 Å². The lowest BCUT2D eigenvalue weighted by molar-refractivity contribution is 0.507. The van der Waals surface area contributed by atoms with Gasteiger partial charge in [0, 0.05) is 30.9 Å². The zero-order valence-corrected chi connectivity index (χ0v) is 9.58. The summed E-state index contributed by atoms with van der Waals surface area (Å²) in [6, 6.07) is 5.64. The molecule has 0 fully saturated rings. The summed E-state index contributed by atoms with van der Waals surface area (Å²) in [4.78, 5) is 8.44. The van der Waals surface area contributed by atoms with Crippen LogP contribution in [0.5, 0.6) is 0 Å². The van der Waals surface area contributed by atoms with Crippen molar-refractivity contribution >= 4 is 11.0 Å². The highest BCUT2D eigenvalue weighted by Crippen LogP contribution is 2.21. The highest BCUT2D eigenvalue weighted by molar-refractivity contribution is 5.78. The predicted octanol–water partition coefficient (Wildman–Crippen LogP) is 1.18. The van der Waals surface area contributed by atoms with E-state index in [1.165, 1.54) is 0 Å². The minimum atomic E-state index is 0.478. The third-order valence-electron chi connectivity index (χ3n) is 2.54. The summed E-state index contributed by atoms with van der Waals surface area (Å²) in [5, 5.41) is 7.92. The first-order valence-electron chi connectivity index (χ1n) is 5.60. The molecule has 0 saturated carbocycles. The largest absolute Gasteiger partial charge is 0.421 e. The quantitative estimate of drug-likeness (QED) is 0.740. The van der Waals surface area contributed by atoms with Gasteiger partial charge in [0.15, 0.2) is 0 Å². The Labute approximate surface area is 103 Å². The van der Waals surface area contributed by atoms with Crippen molar-refractivity contribution in [2.75, 3.05) is 6.54 Å². The number of fused-ring (bicyclic) bond motifs is 1. The SMILES string of the molecule is NCCc1nnc(-c2ccc3nccnc3c2)o1. The van der Waals surface area contributed by atoms with Gasteiger partial charge in [-0.3, -0.25) is 9.97 Å². The Kier molecular flexibility index (Phi) is 2.70. The normalized spacial score (nSPS) is 10.9. The monoisotopic (exact) mass is 241 g/mol. The van der Waals surface area contributed by atoms with Gasteiger partial charge < -0.3 is 10.2 Å². The van der Waals surface area contributed by atoms with Gasteiger partial charge in [-0.2, -0.15) is 0 Å². The number of hydrogen-bond acceptors (Lipinski definition) is 6. The molecule has 0 bridgehead atoms. The highest BCUT2D eigenvalue weighted by Gasteiger charge is 2.08. The van der Waals surface area contributed by atoms with Crippen molar-refractivity contribution in [3.8, 4) is 11.5 Å². The fourth-order valence-electron chi connectivity index (χ4n) is 1.69. The Bertz CT molecular complexity index is 679. The molecule has 0 aliphatic rings. The van der Waals surface area contributed by atoms with Crippen molar-refractivity contribution in [1.29, 1.82) is 0 Å². The lowest BCUT2D eigenvalue weighted by atomic mass is 10.2. The third-order valence-corrected chi connectivity index (χ3v) is 2.54. The Morgan fingerprint density at radius 3 is 2.72 bits per heavy atom. The number of rotatable bonds is 3. The summed E-state index contributed by atoms with van der Waals surface area (Å²) < 4.78 is 5.51. The van der Waals surface area contributed by atoms with E-state index in [0.717, 1.165) is 16.6 Å². The van der Waals surface area contributed by atoms with Crippen molar-refractivity contribution in [3.63, 3.8) is 0 Å². The second-order valence-corrected chi connectivity index (χ2v) is 3.80. The molecule has 18 heavy (non-hydrogen) atoms. The molecular weight excluding hydrogens is 230 g/mol. The molecule has 0 radical (unpaired) electrons. The van der Waals surface area contributed by atoms with Gasteiger partial charge in [-0.05, 0) is 18.2 Å². The number of benzene rings is 1. The molecule has 2 heterocycles. The van der Waals surface area contributed by atoms with Crippen molar-refractivity contribution in [2.24, 2.45) is 5.73 Å². The number of aromatic nitrogens is 4. The van der Waals surface area contributed by atoms with E-state index < -0.39 is 0 Å². The smallest absolute Gasteiger partial charge is 0.247 e. The van der Waals surface area contributed by atoms with Gasteiger partial charge in [0.1, 0.15) is 0 Å². The average Bonchev–Trinajstić information content (AvgIpc) is 2.87. The molecule has 0 saturated heterocycles. The topological polar surface area (TPSA) is 90.7 Å². The molecule has 0 aliphatic carbocycles. The van der Waals surface area contributed by atoms with Crippen molar-refractivity contribution in [1.82, 2.24) is 20.2 Å². The number of nitrogens with zero attached hydrogens (tertiary/aromatic N) is 4. The zero-order chi connectivity index (χ0) is 12.4. The van der Waals surface area contributed by atoms with Gasteiger partial charge in [-0.15, -0.1) is 10.2 Å². The van der Waals surface area contributed by atoms with Crippen LogP contribution in [0.15, 0.2) is 35.0 Å². The molecule has 6 heteroatoms. The molecule has 0 aliphatic heterocycles. The van der Waals surface area contributed by atoms with Gasteiger partial charge >= 0.3 is 0 Å². The van der Waals surface area contributed by atoms with Crippen molar-refractivity contribution < 1.29 is 4.42 Å². The van der Waals surface area contributed by atoms with E-state index in [0.29, 0.717) is 24.7 Å². The van der Waals surface area contributed by atoms with Crippen LogP contribution in [-0.4, -0.2) is 26.7 Å². The van der Waals surface area contributed by atoms with Crippen molar-refractivity contribution in [3.05, 3.63) is 36.5 Å². The first-order chi connectivity index (χ1) is 8.86. The maximum absolute atomic E-state index is 5.51. The van der Waals surface area contributed by atoms with Gasteiger partial charge in [-0.1, -0.05) is 0 Å². The lowest BCUT2D eigenvalue weighted by Gasteiger charge is -1.97. The average molecular weight is 241 g/mol. The zero-order valence-electron chi connectivity index (χ0n) is 9.58. The molecule has 2 aromatic heterocycles. The molecule has 3 aromatic rings. The molecule has 1 aromatic carbocycles. The summed E-state index contributed by atoms with van der Waals surface area (Å²) >= 11 is 0. The van der Waals surface area contributed by atoms with Crippen LogP contribution in [0.3, 0.4) is 0 Å². The minimum absolute atomic E-state index is 0.478. The van der Waals surface area contributed by atoms with E-state index in [9.17, 15) is 0 Å². The minimum Gasteiger partial charge on any atom is -0.421 e. The number of nitrogens with two attached hydrogens (primary N) is 1. The predicted molar refractivity (Wildman–Crippen MR) is 65.6 cm³/mol. The maximum atomic E-state index is 5.51. The Morgan fingerprint density at radius 2 is 1.89 bits per heavy atom. The molecule has 0 unspecified atom stereocenters. The molecule has 0 atom stereocenters. The van der Waals surface area contributed by atoms with Crippen LogP contribution < -0.4 is 5.73 Å². The summed E-state index contributed by atoms with van der Waals surface area (Å²) in [6.45, 7) is 0.491.